The van der Waals surface area contributed by atoms with E-state index < -0.39 is 0 Å². The molecule has 2 aromatic carbocycles. The van der Waals surface area contributed by atoms with Gasteiger partial charge < -0.3 is 24.3 Å². The van der Waals surface area contributed by atoms with Gasteiger partial charge in [0.25, 0.3) is 0 Å². The maximum Gasteiger partial charge on any atom is 0.248 e. The van der Waals surface area contributed by atoms with Gasteiger partial charge in [0.15, 0.2) is 11.5 Å². The van der Waals surface area contributed by atoms with Gasteiger partial charge in [0, 0.05) is 11.8 Å². The van der Waals surface area contributed by atoms with Crippen LogP contribution in [0, 0.1) is 0 Å². The molecule has 6 nitrogen and oxygen atoms in total. The molecule has 0 bridgehead atoms. The van der Waals surface area contributed by atoms with E-state index in [0.29, 0.717) is 29.5 Å². The second-order valence-corrected chi connectivity index (χ2v) is 5.24. The molecule has 1 N–H and O–H groups in total. The van der Waals surface area contributed by atoms with E-state index in [0.717, 1.165) is 11.3 Å². The Morgan fingerprint density at radius 1 is 1.00 bits per heavy atom. The van der Waals surface area contributed by atoms with E-state index in [1.54, 1.807) is 51.7 Å². The summed E-state index contributed by atoms with van der Waals surface area (Å²) in [7, 11) is 4.63. The summed E-state index contributed by atoms with van der Waals surface area (Å²) >= 11 is 0. The molecule has 0 saturated carbocycles. The highest BCUT2D eigenvalue weighted by Gasteiger charge is 2.12. The summed E-state index contributed by atoms with van der Waals surface area (Å²) in [6.07, 6.45) is 3.12. The van der Waals surface area contributed by atoms with Crippen molar-refractivity contribution < 1.29 is 23.7 Å². The van der Waals surface area contributed by atoms with Crippen LogP contribution in [0.25, 0.3) is 6.08 Å². The van der Waals surface area contributed by atoms with Crippen molar-refractivity contribution in [2.75, 3.05) is 33.3 Å². The predicted octanol–water partition coefficient (Wildman–Crippen LogP) is 3.76. The van der Waals surface area contributed by atoms with Crippen LogP contribution in [0.5, 0.6) is 23.0 Å². The fraction of sp³-hybridized carbons (Fsp3) is 0.250. The molecule has 2 rings (SSSR count). The summed E-state index contributed by atoms with van der Waals surface area (Å²) in [6.45, 7) is 2.52. The zero-order chi connectivity index (χ0) is 18.9. The third kappa shape index (κ3) is 4.92. The standard InChI is InChI=1S/C20H23NO5/c1-5-26-16-9-7-15(8-10-16)21-19(22)11-6-14-12-17(23-2)20(25-4)18(13-14)24-3/h6-13H,5H2,1-4H3,(H,21,22)/b11-6+. The molecular weight excluding hydrogens is 334 g/mol. The van der Waals surface area contributed by atoms with Gasteiger partial charge in [0.1, 0.15) is 5.75 Å². The number of hydrogen-bond acceptors (Lipinski definition) is 5. The third-order valence-corrected chi connectivity index (χ3v) is 3.55. The lowest BCUT2D eigenvalue weighted by atomic mass is 10.1. The predicted molar refractivity (Wildman–Crippen MR) is 101 cm³/mol. The highest BCUT2D eigenvalue weighted by atomic mass is 16.5. The Labute approximate surface area is 153 Å². The van der Waals surface area contributed by atoms with Gasteiger partial charge in [-0.1, -0.05) is 0 Å². The van der Waals surface area contributed by atoms with Gasteiger partial charge in [0.2, 0.25) is 11.7 Å². The zero-order valence-corrected chi connectivity index (χ0v) is 15.4. The van der Waals surface area contributed by atoms with Crippen molar-refractivity contribution in [1.29, 1.82) is 0 Å². The summed E-state index contributed by atoms with van der Waals surface area (Å²) in [4.78, 5) is 12.1. The van der Waals surface area contributed by atoms with E-state index >= 15 is 0 Å². The van der Waals surface area contributed by atoms with Crippen LogP contribution in [-0.4, -0.2) is 33.8 Å². The molecule has 0 aliphatic heterocycles. The largest absolute Gasteiger partial charge is 0.494 e. The van der Waals surface area contributed by atoms with E-state index in [2.05, 4.69) is 5.32 Å². The minimum Gasteiger partial charge on any atom is -0.494 e. The Morgan fingerprint density at radius 3 is 2.12 bits per heavy atom. The second kappa shape index (κ2) is 9.36. The van der Waals surface area contributed by atoms with Gasteiger partial charge in [-0.3, -0.25) is 4.79 Å². The third-order valence-electron chi connectivity index (χ3n) is 3.55. The Balaban J connectivity index is 2.09. The number of methoxy groups -OCH3 is 3. The van der Waals surface area contributed by atoms with Crippen LogP contribution in [0.2, 0.25) is 0 Å². The molecule has 0 unspecified atom stereocenters. The topological polar surface area (TPSA) is 66.0 Å². The summed E-state index contributed by atoms with van der Waals surface area (Å²) in [5.74, 6) is 2.07. The molecule has 0 fully saturated rings. The van der Waals surface area contributed by atoms with Crippen LogP contribution in [0.4, 0.5) is 5.69 Å². The van der Waals surface area contributed by atoms with Crippen LogP contribution >= 0.6 is 0 Å². The number of amides is 1. The van der Waals surface area contributed by atoms with E-state index in [1.807, 2.05) is 19.1 Å². The van der Waals surface area contributed by atoms with Gasteiger partial charge in [-0.05, 0) is 55.0 Å². The molecule has 1 amide bonds. The number of carbonyl (C=O) groups excluding carboxylic acids is 1. The Morgan fingerprint density at radius 2 is 1.62 bits per heavy atom. The first-order valence-corrected chi connectivity index (χ1v) is 8.13. The van der Waals surface area contributed by atoms with Crippen molar-refractivity contribution in [3.63, 3.8) is 0 Å². The van der Waals surface area contributed by atoms with Crippen LogP contribution in [0.1, 0.15) is 12.5 Å². The Bertz CT molecular complexity index is 743. The van der Waals surface area contributed by atoms with Crippen molar-refractivity contribution in [3.05, 3.63) is 48.0 Å². The molecule has 0 radical (unpaired) electrons. The average molecular weight is 357 g/mol. The van der Waals surface area contributed by atoms with Crippen LogP contribution < -0.4 is 24.3 Å². The lowest BCUT2D eigenvalue weighted by Crippen LogP contribution is -2.07. The van der Waals surface area contributed by atoms with Gasteiger partial charge in [0.05, 0.1) is 27.9 Å². The lowest BCUT2D eigenvalue weighted by Gasteiger charge is -2.12. The van der Waals surface area contributed by atoms with E-state index in [9.17, 15) is 4.79 Å². The first kappa shape index (κ1) is 19.2. The van der Waals surface area contributed by atoms with Crippen molar-refractivity contribution in [1.82, 2.24) is 0 Å². The number of benzene rings is 2. The number of ether oxygens (including phenoxy) is 4. The average Bonchev–Trinajstić information content (AvgIpc) is 2.67. The van der Waals surface area contributed by atoms with Gasteiger partial charge in [-0.25, -0.2) is 0 Å². The molecule has 2 aromatic rings. The first-order chi connectivity index (χ1) is 12.6. The normalized spacial score (nSPS) is 10.5. The van der Waals surface area contributed by atoms with Crippen molar-refractivity contribution >= 4 is 17.7 Å². The quantitative estimate of drug-likeness (QED) is 0.729. The number of hydrogen-bond donors (Lipinski definition) is 1. The number of rotatable bonds is 8. The SMILES string of the molecule is CCOc1ccc(NC(=O)/C=C/c2cc(OC)c(OC)c(OC)c2)cc1. The monoisotopic (exact) mass is 357 g/mol. The molecule has 0 heterocycles. The molecule has 0 aliphatic rings. The van der Waals surface area contributed by atoms with E-state index in [-0.39, 0.29) is 5.91 Å². The minimum atomic E-state index is -0.247. The maximum atomic E-state index is 12.1. The smallest absolute Gasteiger partial charge is 0.248 e. The van der Waals surface area contributed by atoms with Crippen molar-refractivity contribution in [2.24, 2.45) is 0 Å². The molecule has 26 heavy (non-hydrogen) atoms. The lowest BCUT2D eigenvalue weighted by molar-refractivity contribution is -0.111. The van der Waals surface area contributed by atoms with Gasteiger partial charge in [-0.2, -0.15) is 0 Å². The molecule has 0 aromatic heterocycles. The molecule has 0 saturated heterocycles. The maximum absolute atomic E-state index is 12.1. The molecule has 6 heteroatoms. The fourth-order valence-corrected chi connectivity index (χ4v) is 2.35. The summed E-state index contributed by atoms with van der Waals surface area (Å²) in [5, 5.41) is 2.79. The highest BCUT2D eigenvalue weighted by molar-refractivity contribution is 6.02. The second-order valence-electron chi connectivity index (χ2n) is 5.24. The summed E-state index contributed by atoms with van der Waals surface area (Å²) in [5.41, 5.74) is 1.44. The minimum absolute atomic E-state index is 0.247. The highest BCUT2D eigenvalue weighted by Crippen LogP contribution is 2.38. The van der Waals surface area contributed by atoms with Crippen LogP contribution in [-0.2, 0) is 4.79 Å². The Kier molecular flexibility index (Phi) is 6.91. The zero-order valence-electron chi connectivity index (χ0n) is 15.4. The molecular formula is C20H23NO5. The molecule has 138 valence electrons. The Hall–Kier alpha value is -3.15. The van der Waals surface area contributed by atoms with Gasteiger partial charge in [-0.15, -0.1) is 0 Å². The van der Waals surface area contributed by atoms with Crippen molar-refractivity contribution in [2.45, 2.75) is 6.92 Å². The number of anilines is 1. The van der Waals surface area contributed by atoms with Gasteiger partial charge >= 0.3 is 0 Å². The number of nitrogens with one attached hydrogen (secondary N) is 1. The first-order valence-electron chi connectivity index (χ1n) is 8.13. The summed E-state index contributed by atoms with van der Waals surface area (Å²) < 4.78 is 21.3. The number of carbonyl (C=O) groups is 1. The summed E-state index contributed by atoms with van der Waals surface area (Å²) in [6, 6.07) is 10.7. The van der Waals surface area contributed by atoms with E-state index in [4.69, 9.17) is 18.9 Å². The van der Waals surface area contributed by atoms with Crippen LogP contribution in [0.3, 0.4) is 0 Å². The molecule has 0 aliphatic carbocycles. The fourth-order valence-electron chi connectivity index (χ4n) is 2.35. The van der Waals surface area contributed by atoms with E-state index in [1.165, 1.54) is 6.08 Å². The molecule has 0 atom stereocenters. The van der Waals surface area contributed by atoms with Crippen molar-refractivity contribution in [3.8, 4) is 23.0 Å². The molecule has 0 spiro atoms. The van der Waals surface area contributed by atoms with Crippen LogP contribution in [0.15, 0.2) is 42.5 Å².